The highest BCUT2D eigenvalue weighted by Crippen LogP contribution is 2.16. The number of carboxylic acid groups (broad SMARTS) is 2. The van der Waals surface area contributed by atoms with Gasteiger partial charge >= 0.3 is 11.9 Å². The summed E-state index contributed by atoms with van der Waals surface area (Å²) in [6.07, 6.45) is 1.23. The number of rotatable bonds is 2. The second-order valence-electron chi connectivity index (χ2n) is 3.10. The van der Waals surface area contributed by atoms with Crippen LogP contribution in [0.25, 0.3) is 5.65 Å². The smallest absolute Gasteiger partial charge is 0.358 e. The van der Waals surface area contributed by atoms with Crippen molar-refractivity contribution in [3.05, 3.63) is 29.6 Å². The van der Waals surface area contributed by atoms with Crippen LogP contribution in [0.5, 0.6) is 0 Å². The highest BCUT2D eigenvalue weighted by atomic mass is 16.4. The number of nitrogens with zero attached hydrogens (tertiary/aromatic N) is 2. The zero-order valence-corrected chi connectivity index (χ0v) is 7.91. The van der Waals surface area contributed by atoms with Crippen LogP contribution in [0, 0.1) is 0 Å². The maximum absolute atomic E-state index is 10.7. The van der Waals surface area contributed by atoms with Gasteiger partial charge in [0.25, 0.3) is 0 Å². The molecule has 2 rings (SSSR count). The molecule has 0 aliphatic carbocycles. The minimum atomic E-state index is -1.25. The van der Waals surface area contributed by atoms with Crippen molar-refractivity contribution in [3.8, 4) is 0 Å². The zero-order valence-electron chi connectivity index (χ0n) is 7.91. The summed E-state index contributed by atoms with van der Waals surface area (Å²) in [5, 5.41) is 17.5. The van der Waals surface area contributed by atoms with Gasteiger partial charge in [-0.3, -0.25) is 4.40 Å². The third-order valence-electron chi connectivity index (χ3n) is 2.11. The molecule has 0 aliphatic rings. The van der Waals surface area contributed by atoms with Gasteiger partial charge in [-0.05, 0) is 12.1 Å². The molecule has 0 spiro atoms. The highest BCUT2D eigenvalue weighted by molar-refractivity contribution is 5.93. The number of hydrogen-bond acceptors (Lipinski definition) is 4. The molecule has 0 saturated carbocycles. The monoisotopic (exact) mass is 221 g/mol. The number of pyridine rings is 1. The number of nitrogens with two attached hydrogens (primary N) is 1. The lowest BCUT2D eigenvalue weighted by molar-refractivity contribution is 0.0684. The molecule has 82 valence electrons. The maximum atomic E-state index is 10.7. The second kappa shape index (κ2) is 3.23. The number of imidazole rings is 1. The maximum Gasteiger partial charge on any atom is 0.358 e. The first-order chi connectivity index (χ1) is 7.50. The molecule has 2 heterocycles. The molecule has 0 amide bonds. The van der Waals surface area contributed by atoms with Crippen molar-refractivity contribution in [3.63, 3.8) is 0 Å². The van der Waals surface area contributed by atoms with Crippen LogP contribution >= 0.6 is 0 Å². The van der Waals surface area contributed by atoms with Crippen LogP contribution in [-0.2, 0) is 0 Å². The van der Waals surface area contributed by atoms with E-state index in [-0.39, 0.29) is 17.1 Å². The quantitative estimate of drug-likeness (QED) is 0.671. The van der Waals surface area contributed by atoms with E-state index in [9.17, 15) is 9.59 Å². The van der Waals surface area contributed by atoms with Crippen LogP contribution in [0.3, 0.4) is 0 Å². The van der Waals surface area contributed by atoms with Gasteiger partial charge in [0.05, 0.1) is 5.56 Å². The van der Waals surface area contributed by atoms with Crippen molar-refractivity contribution in [1.82, 2.24) is 9.38 Å². The van der Waals surface area contributed by atoms with Crippen molar-refractivity contribution in [2.45, 2.75) is 0 Å². The molecule has 16 heavy (non-hydrogen) atoms. The van der Waals surface area contributed by atoms with Crippen LogP contribution in [0.4, 0.5) is 5.82 Å². The number of aromatic carboxylic acids is 2. The Morgan fingerprint density at radius 1 is 1.25 bits per heavy atom. The molecule has 0 atom stereocenters. The lowest BCUT2D eigenvalue weighted by Crippen LogP contribution is -2.03. The number of carbonyl (C=O) groups is 2. The molecular formula is C9H7N3O4. The Balaban J connectivity index is 2.73. The first-order valence-electron chi connectivity index (χ1n) is 4.25. The van der Waals surface area contributed by atoms with Crippen molar-refractivity contribution in [2.75, 3.05) is 5.73 Å². The molecule has 0 fully saturated rings. The number of aromatic nitrogens is 2. The number of hydrogen-bond donors (Lipinski definition) is 3. The lowest BCUT2D eigenvalue weighted by atomic mass is 10.3. The average molecular weight is 221 g/mol. The lowest BCUT2D eigenvalue weighted by Gasteiger charge is -1.98. The van der Waals surface area contributed by atoms with Crippen molar-refractivity contribution < 1.29 is 19.8 Å². The molecule has 0 unspecified atom stereocenters. The molecule has 0 aromatic carbocycles. The van der Waals surface area contributed by atoms with Gasteiger partial charge in [0.15, 0.2) is 5.69 Å². The van der Waals surface area contributed by atoms with Crippen molar-refractivity contribution >= 4 is 23.4 Å². The Labute approximate surface area is 88.8 Å². The largest absolute Gasteiger partial charge is 0.478 e. The highest BCUT2D eigenvalue weighted by Gasteiger charge is 2.16. The molecular weight excluding hydrogens is 214 g/mol. The minimum absolute atomic E-state index is 0.00791. The van der Waals surface area contributed by atoms with Gasteiger partial charge in [0.1, 0.15) is 11.5 Å². The minimum Gasteiger partial charge on any atom is -0.478 e. The van der Waals surface area contributed by atoms with Crippen LogP contribution in [0.15, 0.2) is 18.3 Å². The van der Waals surface area contributed by atoms with E-state index in [1.54, 1.807) is 0 Å². The first-order valence-corrected chi connectivity index (χ1v) is 4.25. The van der Waals surface area contributed by atoms with E-state index in [1.165, 1.54) is 22.7 Å². The average Bonchev–Trinajstić information content (AvgIpc) is 2.56. The fourth-order valence-electron chi connectivity index (χ4n) is 1.35. The Morgan fingerprint density at radius 3 is 2.50 bits per heavy atom. The molecule has 2 aromatic heterocycles. The molecule has 0 aliphatic heterocycles. The molecule has 7 nitrogen and oxygen atoms in total. The summed E-state index contributed by atoms with van der Waals surface area (Å²) in [5.74, 6) is -2.46. The van der Waals surface area contributed by atoms with Crippen LogP contribution in [-0.4, -0.2) is 31.5 Å². The van der Waals surface area contributed by atoms with E-state index in [4.69, 9.17) is 15.9 Å². The Hall–Kier alpha value is -2.57. The summed E-state index contributed by atoms with van der Waals surface area (Å²) in [4.78, 5) is 25.2. The van der Waals surface area contributed by atoms with E-state index in [0.717, 1.165) is 0 Å². The van der Waals surface area contributed by atoms with Gasteiger partial charge in [0, 0.05) is 6.20 Å². The summed E-state index contributed by atoms with van der Waals surface area (Å²) in [5.41, 5.74) is 5.55. The van der Waals surface area contributed by atoms with Gasteiger partial charge in [-0.25, -0.2) is 14.6 Å². The molecule has 4 N–H and O–H groups in total. The van der Waals surface area contributed by atoms with Gasteiger partial charge in [-0.15, -0.1) is 0 Å². The van der Waals surface area contributed by atoms with Gasteiger partial charge in [-0.2, -0.15) is 0 Å². The third kappa shape index (κ3) is 1.34. The van der Waals surface area contributed by atoms with Gasteiger partial charge in [-0.1, -0.05) is 0 Å². The second-order valence-corrected chi connectivity index (χ2v) is 3.10. The SMILES string of the molecule is Nc1c(C(=O)O)nc2ccc(C(=O)O)cn12. The summed E-state index contributed by atoms with van der Waals surface area (Å²) in [6, 6.07) is 2.72. The summed E-state index contributed by atoms with van der Waals surface area (Å²) < 4.78 is 1.23. The number of carboxylic acids is 2. The number of anilines is 1. The fourth-order valence-corrected chi connectivity index (χ4v) is 1.35. The van der Waals surface area contributed by atoms with E-state index < -0.39 is 11.9 Å². The van der Waals surface area contributed by atoms with E-state index in [0.29, 0.717) is 5.65 Å². The standard InChI is InChI=1S/C9H7N3O4/c10-7-6(9(15)16)11-5-2-1-4(8(13)14)3-12(5)7/h1-3H,10H2,(H,13,14)(H,15,16). The third-order valence-corrected chi connectivity index (χ3v) is 2.11. The van der Waals surface area contributed by atoms with E-state index in [2.05, 4.69) is 4.98 Å². The van der Waals surface area contributed by atoms with E-state index in [1.807, 2.05) is 0 Å². The van der Waals surface area contributed by atoms with Crippen LogP contribution in [0.2, 0.25) is 0 Å². The van der Waals surface area contributed by atoms with E-state index >= 15 is 0 Å². The molecule has 0 saturated heterocycles. The molecule has 0 radical (unpaired) electrons. The van der Waals surface area contributed by atoms with Crippen molar-refractivity contribution in [2.24, 2.45) is 0 Å². The Bertz CT molecular complexity index is 602. The summed E-state index contributed by atoms with van der Waals surface area (Å²) >= 11 is 0. The predicted octanol–water partition coefficient (Wildman–Crippen LogP) is 0.313. The molecule has 0 bridgehead atoms. The van der Waals surface area contributed by atoms with Crippen LogP contribution in [0.1, 0.15) is 20.8 Å². The zero-order chi connectivity index (χ0) is 11.9. The first kappa shape index (κ1) is 9.97. The molecule has 7 heteroatoms. The van der Waals surface area contributed by atoms with Gasteiger partial charge in [0.2, 0.25) is 0 Å². The fraction of sp³-hybridized carbons (Fsp3) is 0. The van der Waals surface area contributed by atoms with Crippen LogP contribution < -0.4 is 5.73 Å². The Morgan fingerprint density at radius 2 is 1.94 bits per heavy atom. The normalized spacial score (nSPS) is 10.5. The van der Waals surface area contributed by atoms with Gasteiger partial charge < -0.3 is 15.9 Å². The summed E-state index contributed by atoms with van der Waals surface area (Å²) in [7, 11) is 0. The number of fused-ring (bicyclic) bond motifs is 1. The number of nitrogen functional groups attached to an aromatic ring is 1. The Kier molecular flexibility index (Phi) is 2.01. The van der Waals surface area contributed by atoms with Crippen molar-refractivity contribution in [1.29, 1.82) is 0 Å². The molecule has 2 aromatic rings. The predicted molar refractivity (Wildman–Crippen MR) is 53.5 cm³/mol. The topological polar surface area (TPSA) is 118 Å². The summed E-state index contributed by atoms with van der Waals surface area (Å²) in [6.45, 7) is 0.